The Morgan fingerprint density at radius 1 is 1.32 bits per heavy atom. The smallest absolute Gasteiger partial charge is 0.233 e. The molecular formula is C15H24N2O2. The highest BCUT2D eigenvalue weighted by Crippen LogP contribution is 2.19. The molecule has 0 fully saturated rings. The number of amides is 1. The Morgan fingerprint density at radius 3 is 2.68 bits per heavy atom. The van der Waals surface area contributed by atoms with Crippen molar-refractivity contribution < 1.29 is 9.53 Å². The van der Waals surface area contributed by atoms with Crippen LogP contribution in [0.5, 0.6) is 5.75 Å². The highest BCUT2D eigenvalue weighted by molar-refractivity contribution is 5.77. The van der Waals surface area contributed by atoms with Gasteiger partial charge in [-0.2, -0.15) is 0 Å². The van der Waals surface area contributed by atoms with E-state index >= 15 is 0 Å². The van der Waals surface area contributed by atoms with Crippen LogP contribution in [0.1, 0.15) is 26.3 Å². The molecule has 4 nitrogen and oxygen atoms in total. The van der Waals surface area contributed by atoms with Crippen LogP contribution in [-0.4, -0.2) is 31.6 Å². The van der Waals surface area contributed by atoms with Gasteiger partial charge in [0.25, 0.3) is 0 Å². The zero-order chi connectivity index (χ0) is 14.3. The van der Waals surface area contributed by atoms with Gasteiger partial charge in [-0.25, -0.2) is 0 Å². The molecule has 0 atom stereocenters. The summed E-state index contributed by atoms with van der Waals surface area (Å²) in [7, 11) is 1.76. The summed E-state index contributed by atoms with van der Waals surface area (Å²) in [6.07, 6.45) is 0.802. The molecule has 0 saturated heterocycles. The molecule has 0 aliphatic heterocycles. The lowest BCUT2D eigenvalue weighted by Crippen LogP contribution is -2.33. The molecule has 0 unspecified atom stereocenters. The normalized spacial score (nSPS) is 11.2. The second-order valence-corrected chi connectivity index (χ2v) is 5.49. The largest absolute Gasteiger partial charge is 0.488 e. The molecule has 2 N–H and O–H groups in total. The van der Waals surface area contributed by atoms with Crippen LogP contribution in [0.4, 0.5) is 0 Å². The third-order valence-electron chi connectivity index (χ3n) is 2.40. The highest BCUT2D eigenvalue weighted by atomic mass is 16.5. The molecule has 1 aromatic carbocycles. The van der Waals surface area contributed by atoms with Gasteiger partial charge >= 0.3 is 0 Å². The van der Waals surface area contributed by atoms with Crippen LogP contribution in [0.15, 0.2) is 24.3 Å². The molecule has 106 valence electrons. The van der Waals surface area contributed by atoms with E-state index < -0.39 is 0 Å². The lowest BCUT2D eigenvalue weighted by Gasteiger charge is -2.21. The van der Waals surface area contributed by atoms with Crippen molar-refractivity contribution in [1.29, 1.82) is 0 Å². The molecular weight excluding hydrogens is 240 g/mol. The van der Waals surface area contributed by atoms with Crippen molar-refractivity contribution in [3.05, 3.63) is 29.8 Å². The standard InChI is InChI=1S/C15H24N2O2/c1-15(2,3)19-13-7-5-6-12(10-13)8-9-17-14(18)11-16-4/h5-7,10,16H,8-9,11H2,1-4H3,(H,17,18). The molecule has 0 spiro atoms. The third-order valence-corrected chi connectivity index (χ3v) is 2.40. The highest BCUT2D eigenvalue weighted by Gasteiger charge is 2.11. The van der Waals surface area contributed by atoms with Crippen LogP contribution in [0, 0.1) is 0 Å². The molecule has 4 heteroatoms. The van der Waals surface area contributed by atoms with E-state index in [4.69, 9.17) is 4.74 Å². The molecule has 0 saturated carbocycles. The number of rotatable bonds is 6. The lowest BCUT2D eigenvalue weighted by molar-refractivity contribution is -0.120. The first-order valence-corrected chi connectivity index (χ1v) is 6.60. The summed E-state index contributed by atoms with van der Waals surface area (Å²) < 4.78 is 5.81. The molecule has 0 aliphatic rings. The van der Waals surface area contributed by atoms with Gasteiger partial charge in [-0.15, -0.1) is 0 Å². The van der Waals surface area contributed by atoms with Crippen LogP contribution < -0.4 is 15.4 Å². The van der Waals surface area contributed by atoms with Gasteiger partial charge in [-0.3, -0.25) is 4.79 Å². The lowest BCUT2D eigenvalue weighted by atomic mass is 10.1. The monoisotopic (exact) mass is 264 g/mol. The number of likely N-dealkylation sites (N-methyl/N-ethyl adjacent to an activating group) is 1. The van der Waals surface area contributed by atoms with Gasteiger partial charge in [0, 0.05) is 6.54 Å². The number of carbonyl (C=O) groups is 1. The van der Waals surface area contributed by atoms with E-state index in [1.807, 2.05) is 45.0 Å². The Labute approximate surface area is 115 Å². The summed E-state index contributed by atoms with van der Waals surface area (Å²) in [5.41, 5.74) is 0.964. The van der Waals surface area contributed by atoms with E-state index in [-0.39, 0.29) is 11.5 Å². The summed E-state index contributed by atoms with van der Waals surface area (Å²) in [6.45, 7) is 7.07. The molecule has 0 heterocycles. The van der Waals surface area contributed by atoms with Crippen LogP contribution in [0.25, 0.3) is 0 Å². The SMILES string of the molecule is CNCC(=O)NCCc1cccc(OC(C)(C)C)c1. The maximum absolute atomic E-state index is 11.3. The summed E-state index contributed by atoms with van der Waals surface area (Å²) in [5.74, 6) is 0.885. The maximum atomic E-state index is 11.3. The number of ether oxygens (including phenoxy) is 1. The Hall–Kier alpha value is -1.55. The quantitative estimate of drug-likeness (QED) is 0.823. The van der Waals surface area contributed by atoms with E-state index in [0.29, 0.717) is 13.1 Å². The fourth-order valence-corrected chi connectivity index (χ4v) is 1.69. The fourth-order valence-electron chi connectivity index (χ4n) is 1.69. The van der Waals surface area contributed by atoms with E-state index in [9.17, 15) is 4.79 Å². The van der Waals surface area contributed by atoms with Crippen molar-refractivity contribution in [1.82, 2.24) is 10.6 Å². The number of hydrogen-bond donors (Lipinski definition) is 2. The topological polar surface area (TPSA) is 50.4 Å². The Bertz CT molecular complexity index is 411. The number of nitrogens with one attached hydrogen (secondary N) is 2. The number of benzene rings is 1. The van der Waals surface area contributed by atoms with E-state index in [1.54, 1.807) is 7.05 Å². The van der Waals surface area contributed by atoms with Gasteiger partial charge in [-0.05, 0) is 51.9 Å². The third kappa shape index (κ3) is 6.82. The maximum Gasteiger partial charge on any atom is 0.233 e. The molecule has 1 rings (SSSR count). The molecule has 1 aromatic rings. The molecule has 0 bridgehead atoms. The van der Waals surface area contributed by atoms with Gasteiger partial charge in [0.05, 0.1) is 6.54 Å². The molecule has 0 aliphatic carbocycles. The van der Waals surface area contributed by atoms with Crippen molar-refractivity contribution in [2.75, 3.05) is 20.1 Å². The molecule has 1 amide bonds. The van der Waals surface area contributed by atoms with Crippen molar-refractivity contribution in [3.63, 3.8) is 0 Å². The van der Waals surface area contributed by atoms with Crippen LogP contribution in [0.2, 0.25) is 0 Å². The van der Waals surface area contributed by atoms with Crippen LogP contribution >= 0.6 is 0 Å². The molecule has 0 aromatic heterocycles. The average Bonchev–Trinajstić information content (AvgIpc) is 2.27. The zero-order valence-corrected chi connectivity index (χ0v) is 12.2. The predicted octanol–water partition coefficient (Wildman–Crippen LogP) is 1.74. The number of carbonyl (C=O) groups excluding carboxylic acids is 1. The minimum Gasteiger partial charge on any atom is -0.488 e. The van der Waals surface area contributed by atoms with Gasteiger partial charge in [-0.1, -0.05) is 12.1 Å². The van der Waals surface area contributed by atoms with Gasteiger partial charge in [0.1, 0.15) is 11.4 Å². The summed E-state index contributed by atoms with van der Waals surface area (Å²) in [4.78, 5) is 11.3. The average molecular weight is 264 g/mol. The van der Waals surface area contributed by atoms with Gasteiger partial charge < -0.3 is 15.4 Å². The Balaban J connectivity index is 2.46. The van der Waals surface area contributed by atoms with Crippen molar-refractivity contribution in [2.24, 2.45) is 0 Å². The van der Waals surface area contributed by atoms with Gasteiger partial charge in [0.15, 0.2) is 0 Å². The van der Waals surface area contributed by atoms with Crippen LogP contribution in [-0.2, 0) is 11.2 Å². The predicted molar refractivity (Wildman–Crippen MR) is 77.5 cm³/mol. The number of hydrogen-bond acceptors (Lipinski definition) is 3. The summed E-state index contributed by atoms with van der Waals surface area (Å²) in [6, 6.07) is 8.00. The van der Waals surface area contributed by atoms with Crippen molar-refractivity contribution in [3.8, 4) is 5.75 Å². The van der Waals surface area contributed by atoms with Crippen molar-refractivity contribution in [2.45, 2.75) is 32.8 Å². The van der Waals surface area contributed by atoms with Gasteiger partial charge in [0.2, 0.25) is 5.91 Å². The molecule has 0 radical (unpaired) electrons. The van der Waals surface area contributed by atoms with Crippen LogP contribution in [0.3, 0.4) is 0 Å². The zero-order valence-electron chi connectivity index (χ0n) is 12.2. The summed E-state index contributed by atoms with van der Waals surface area (Å²) >= 11 is 0. The van der Waals surface area contributed by atoms with E-state index in [0.717, 1.165) is 17.7 Å². The Kier molecular flexibility index (Phi) is 5.83. The fraction of sp³-hybridized carbons (Fsp3) is 0.533. The Morgan fingerprint density at radius 2 is 2.05 bits per heavy atom. The second-order valence-electron chi connectivity index (χ2n) is 5.49. The van der Waals surface area contributed by atoms with E-state index in [2.05, 4.69) is 10.6 Å². The first kappa shape index (κ1) is 15.5. The first-order chi connectivity index (χ1) is 8.90. The first-order valence-electron chi connectivity index (χ1n) is 6.60. The van der Waals surface area contributed by atoms with E-state index in [1.165, 1.54) is 0 Å². The molecule has 19 heavy (non-hydrogen) atoms. The van der Waals surface area contributed by atoms with Crippen molar-refractivity contribution >= 4 is 5.91 Å². The second kappa shape index (κ2) is 7.14. The minimum absolute atomic E-state index is 0.0181. The minimum atomic E-state index is -0.195. The summed E-state index contributed by atoms with van der Waals surface area (Å²) in [5, 5.41) is 5.68.